The largest absolute Gasteiger partial charge is 1.00 e. The fraction of sp³-hybridized carbons (Fsp3) is 0.408. The number of aliphatic hydroxyl groups is 9. The molecule has 95 heavy (non-hydrogen) atoms. The molecule has 3 aliphatic rings. The summed E-state index contributed by atoms with van der Waals surface area (Å²) in [6.45, 7) is 4.83. The number of carbonyl (C=O) groups excluding carboxylic acids is 3. The maximum atomic E-state index is 13.2. The number of nitrogens with zero attached hydrogens (tertiary/aromatic N) is 1. The van der Waals surface area contributed by atoms with Crippen LogP contribution in [0.3, 0.4) is 0 Å². The normalized spacial score (nSPS) is 14.6. The number of nitrogens with two attached hydrogens (primary N) is 1. The second-order valence-electron chi connectivity index (χ2n) is 23.2. The van der Waals surface area contributed by atoms with E-state index < -0.39 is 48.3 Å². The van der Waals surface area contributed by atoms with Gasteiger partial charge in [-0.3, -0.25) is 24.0 Å². The number of methoxy groups -OCH3 is 3. The van der Waals surface area contributed by atoms with Crippen molar-refractivity contribution < 1.29 is 114 Å². The van der Waals surface area contributed by atoms with Crippen LogP contribution in [0.2, 0.25) is 0 Å². The van der Waals surface area contributed by atoms with Crippen molar-refractivity contribution in [2.24, 2.45) is 5.73 Å². The van der Waals surface area contributed by atoms with Gasteiger partial charge in [0, 0.05) is 19.9 Å². The molecule has 6 aromatic carbocycles. The number of aliphatic hydroxyl groups excluding tert-OH is 9. The van der Waals surface area contributed by atoms with Crippen LogP contribution in [0.4, 0.5) is 4.79 Å². The molecule has 0 spiro atoms. The average molecular weight is 1330 g/mol. The van der Waals surface area contributed by atoms with Crippen LogP contribution in [0.5, 0.6) is 17.2 Å². The molecule has 0 radical (unpaired) electrons. The van der Waals surface area contributed by atoms with Gasteiger partial charge in [-0.25, -0.2) is 9.69 Å². The molecular weight excluding hydrogens is 1240 g/mol. The van der Waals surface area contributed by atoms with E-state index in [1.807, 2.05) is 12.1 Å². The predicted molar refractivity (Wildman–Crippen MR) is 350 cm³/mol. The van der Waals surface area contributed by atoms with Crippen LogP contribution >= 0.6 is 0 Å². The van der Waals surface area contributed by atoms with E-state index in [9.17, 15) is 74.7 Å². The number of amides is 3. The molecule has 3 aliphatic carbocycles. The molecule has 0 aliphatic heterocycles. The Morgan fingerprint density at radius 2 is 0.853 bits per heavy atom. The van der Waals surface area contributed by atoms with Crippen molar-refractivity contribution in [3.05, 3.63) is 187 Å². The summed E-state index contributed by atoms with van der Waals surface area (Å²) in [5.74, 6) is -0.318. The molecule has 6 aromatic rings. The minimum Gasteiger partial charge on any atom is -0.857 e. The van der Waals surface area contributed by atoms with E-state index in [4.69, 9.17) is 29.8 Å². The maximum Gasteiger partial charge on any atom is 1.00 e. The summed E-state index contributed by atoms with van der Waals surface area (Å²) >= 11 is 0. The molecule has 9 rings (SSSR count). The van der Waals surface area contributed by atoms with Crippen molar-refractivity contribution in [1.82, 2.24) is 10.2 Å². The van der Waals surface area contributed by atoms with Gasteiger partial charge in [0.1, 0.15) is 5.60 Å². The van der Waals surface area contributed by atoms with Gasteiger partial charge in [0.25, 0.3) is 0 Å². The van der Waals surface area contributed by atoms with Gasteiger partial charge in [0.15, 0.2) is 17.2 Å². The van der Waals surface area contributed by atoms with Crippen molar-refractivity contribution in [3.63, 3.8) is 0 Å². The Bertz CT molecular complexity index is 3930. The van der Waals surface area contributed by atoms with Crippen molar-refractivity contribution in [2.75, 3.05) is 28.4 Å². The van der Waals surface area contributed by atoms with E-state index in [-0.39, 0.29) is 130 Å². The predicted octanol–water partition coefficient (Wildman–Crippen LogP) is 2.05. The molecule has 0 unspecified atom stereocenters. The number of imide groups is 1. The molecule has 0 bridgehead atoms. The summed E-state index contributed by atoms with van der Waals surface area (Å²) < 4.78 is 21.1. The van der Waals surface area contributed by atoms with Crippen LogP contribution in [0, 0.1) is 0 Å². The summed E-state index contributed by atoms with van der Waals surface area (Å²) in [5.41, 5.74) is 17.2. The minimum atomic E-state index is -0.855. The third-order valence-electron chi connectivity index (χ3n) is 16.7. The first-order valence-corrected chi connectivity index (χ1v) is 30.1. The van der Waals surface area contributed by atoms with Crippen LogP contribution in [0.15, 0.2) is 87.2 Å². The van der Waals surface area contributed by atoms with Gasteiger partial charge < -0.3 is 81.1 Å². The van der Waals surface area contributed by atoms with Crippen molar-refractivity contribution in [3.8, 4) is 50.6 Å². The number of hydrogen-bond acceptors (Lipinski definition) is 21. The molecule has 3 atom stereocenters. The molecule has 3 amide bonds. The van der Waals surface area contributed by atoms with Crippen LogP contribution in [-0.4, -0.2) is 103 Å². The number of fused-ring (bicyclic) bond motifs is 9. The Balaban J connectivity index is 0.000000300. The SMILES string of the molecule is C.COc1ccc2c(cc1=O)[C@@H](N(C(C)=O)C(=O)OC(C)(C)C)CCc1cc(CO)c(CO)c(CO)c1-2.COc1ccc2c(cc1=O)[C@@H](N)CCc1cc(CO)c(CO)c(CO)c1-2.COc1ccc2c(cc1=O)[C@@H](NC(C)=O)CCc1cc(CO)c(CO)c(CO)c1-2.C[O-].[Na+]. The molecule has 23 nitrogen and oxygen atoms in total. The molecule has 0 heterocycles. The minimum absolute atomic E-state index is 0. The van der Waals surface area contributed by atoms with Gasteiger partial charge in [0.05, 0.1) is 92.9 Å². The number of ether oxygens (including phenoxy) is 4. The number of benzene rings is 3. The fourth-order valence-corrected chi connectivity index (χ4v) is 12.6. The summed E-state index contributed by atoms with van der Waals surface area (Å²) in [6.07, 6.45) is 2.17. The van der Waals surface area contributed by atoms with Gasteiger partial charge in [-0.1, -0.05) is 43.8 Å². The average Bonchev–Trinajstić information content (AvgIpc) is 1.71. The number of rotatable bonds is 14. The van der Waals surface area contributed by atoms with Gasteiger partial charge in [-0.05, 0) is 213 Å². The molecule has 12 N–H and O–H groups in total. The van der Waals surface area contributed by atoms with Gasteiger partial charge in [0.2, 0.25) is 28.1 Å². The zero-order valence-electron chi connectivity index (χ0n) is 54.8. The molecule has 0 aromatic heterocycles. The summed E-state index contributed by atoms with van der Waals surface area (Å²) in [6, 6.07) is 18.0. The number of nitrogens with one attached hydrogen (secondary N) is 1. The summed E-state index contributed by atoms with van der Waals surface area (Å²) in [5, 5.41) is 101. The van der Waals surface area contributed by atoms with Crippen LogP contribution < -0.4 is 76.2 Å². The Morgan fingerprint density at radius 1 is 0.516 bits per heavy atom. The molecule has 0 fully saturated rings. The number of aryl methyl sites for hydroxylation is 3. The smallest absolute Gasteiger partial charge is 0.857 e. The van der Waals surface area contributed by atoms with Crippen LogP contribution in [-0.2, 0) is 93.1 Å². The third kappa shape index (κ3) is 17.7. The van der Waals surface area contributed by atoms with Crippen LogP contribution in [0.25, 0.3) is 33.4 Å². The summed E-state index contributed by atoms with van der Waals surface area (Å²) in [7, 11) is 4.97. The molecule has 0 saturated heterocycles. The van der Waals surface area contributed by atoms with E-state index in [2.05, 4.69) is 5.32 Å². The van der Waals surface area contributed by atoms with E-state index >= 15 is 0 Å². The van der Waals surface area contributed by atoms with E-state index in [0.717, 1.165) is 39.8 Å². The molecule has 24 heteroatoms. The van der Waals surface area contributed by atoms with Crippen molar-refractivity contribution in [2.45, 2.75) is 164 Å². The first-order chi connectivity index (χ1) is 44.5. The van der Waals surface area contributed by atoms with Crippen molar-refractivity contribution in [1.29, 1.82) is 0 Å². The quantitative estimate of drug-likeness (QED) is 0.0695. The standard InChI is InChI=1S/C27H33NO8.C22H25NO6.C20H23NO5.CH3O.CH4.Na/c1-15(32)28(26(34)36-27(2,3)4)22-8-6-16-10-17(12-29)20(13-30)21(14-31)25(16)18-7-9-24(35-5)23(33)11-19(18)22;1-12(27)23-19-5-3-13-7-14(9-24)17(10-25)18(11-26)22(13)15-4-6-21(29-2)20(28)8-16(15)19;1-26-19-5-3-13-14(7-18(19)25)17(21)4-2-11-6-12(8-22)15(9-23)16(10-24)20(11)13;1-2;;/h7,9-11,22,29-31H,6,8,12-14H2,1-5H3;4,6-8,19,24-26H,3,5,9-11H2,1-2H3,(H,23,27);3,5-7,17,22-24H,2,4,8-10,21H2,1H3;1H3;1H4;/q;;;-1;;+1/t22-;19-;17-;;;/m000.../s1. The molecular formula is C71H88N3NaO20. The topological polar surface area (TPSA) is 386 Å². The Labute approximate surface area is 574 Å². The third-order valence-corrected chi connectivity index (χ3v) is 16.7. The second kappa shape index (κ2) is 36.2. The Kier molecular flexibility index (Phi) is 30.5. The van der Waals surface area contributed by atoms with E-state index in [1.54, 1.807) is 57.2 Å². The summed E-state index contributed by atoms with van der Waals surface area (Å²) in [4.78, 5) is 76.7. The first kappa shape index (κ1) is 80.1. The van der Waals surface area contributed by atoms with E-state index in [1.165, 1.54) is 59.4 Å². The van der Waals surface area contributed by atoms with Gasteiger partial charge >= 0.3 is 35.7 Å². The van der Waals surface area contributed by atoms with Crippen molar-refractivity contribution >= 4 is 17.9 Å². The molecule has 508 valence electrons. The van der Waals surface area contributed by atoms with Gasteiger partial charge in [-0.15, -0.1) is 0 Å². The van der Waals surface area contributed by atoms with E-state index in [0.29, 0.717) is 121 Å². The number of carbonyl (C=O) groups is 3. The maximum absolute atomic E-state index is 13.2. The van der Waals surface area contributed by atoms with Gasteiger partial charge in [-0.2, -0.15) is 7.11 Å². The zero-order chi connectivity index (χ0) is 68.8. The second-order valence-corrected chi connectivity index (χ2v) is 23.2. The monoisotopic (exact) mass is 1330 g/mol. The number of hydrogen-bond donors (Lipinski definition) is 11. The molecule has 0 saturated carbocycles. The first-order valence-electron chi connectivity index (χ1n) is 30.1. The Hall–Kier alpha value is -7.30. The van der Waals surface area contributed by atoms with Crippen LogP contribution in [0.1, 0.15) is 163 Å². The Morgan fingerprint density at radius 3 is 1.19 bits per heavy atom. The zero-order valence-corrected chi connectivity index (χ0v) is 56.8. The fourth-order valence-electron chi connectivity index (χ4n) is 12.6.